The van der Waals surface area contributed by atoms with E-state index in [4.69, 9.17) is 6.42 Å². The Kier molecular flexibility index (Phi) is 6.46. The van der Waals surface area contributed by atoms with Crippen molar-refractivity contribution in [2.45, 2.75) is 44.7 Å². The largest absolute Gasteiger partial charge is 0.346 e. The molecular formula is C15H25N3O2S. The van der Waals surface area contributed by atoms with Crippen LogP contribution in [0.15, 0.2) is 17.2 Å². The summed E-state index contributed by atoms with van der Waals surface area (Å²) >= 11 is 0. The standard InChI is InChI=1S/C15H25N3O2S/c1-6-8-16-11-14-10-15(12-18(14)13(3)4)21(19,20)17(5)9-7-2/h2,10,12-13,16H,6,8-9,11H2,1,3-5H3. The maximum atomic E-state index is 12.4. The van der Waals surface area contributed by atoms with Crippen LogP contribution in [0.5, 0.6) is 0 Å². The third kappa shape index (κ3) is 4.34. The van der Waals surface area contributed by atoms with E-state index < -0.39 is 10.0 Å². The van der Waals surface area contributed by atoms with Crippen LogP contribution in [0.4, 0.5) is 0 Å². The summed E-state index contributed by atoms with van der Waals surface area (Å²) in [6, 6.07) is 1.93. The molecule has 1 heterocycles. The minimum Gasteiger partial charge on any atom is -0.346 e. The number of rotatable bonds is 8. The van der Waals surface area contributed by atoms with Gasteiger partial charge < -0.3 is 9.88 Å². The lowest BCUT2D eigenvalue weighted by Gasteiger charge is -2.13. The Morgan fingerprint density at radius 3 is 2.67 bits per heavy atom. The van der Waals surface area contributed by atoms with Crippen molar-refractivity contribution in [3.8, 4) is 12.3 Å². The van der Waals surface area contributed by atoms with Crippen molar-refractivity contribution in [1.29, 1.82) is 0 Å². The maximum Gasteiger partial charge on any atom is 0.245 e. The minimum absolute atomic E-state index is 0.0681. The fourth-order valence-electron chi connectivity index (χ4n) is 2.05. The summed E-state index contributed by atoms with van der Waals surface area (Å²) in [7, 11) is -2.03. The highest BCUT2D eigenvalue weighted by Gasteiger charge is 2.23. The predicted molar refractivity (Wildman–Crippen MR) is 85.5 cm³/mol. The van der Waals surface area contributed by atoms with Crippen molar-refractivity contribution in [3.05, 3.63) is 18.0 Å². The minimum atomic E-state index is -3.52. The molecular weight excluding hydrogens is 286 g/mol. The summed E-state index contributed by atoms with van der Waals surface area (Å²) in [6.45, 7) is 7.79. The summed E-state index contributed by atoms with van der Waals surface area (Å²) < 4.78 is 28.0. The molecule has 1 N–H and O–H groups in total. The molecule has 6 heteroatoms. The monoisotopic (exact) mass is 311 g/mol. The fourth-order valence-corrected chi connectivity index (χ4v) is 3.18. The lowest BCUT2D eigenvalue weighted by Crippen LogP contribution is -2.26. The first-order chi connectivity index (χ1) is 9.84. The summed E-state index contributed by atoms with van der Waals surface area (Å²) in [6.07, 6.45) is 7.93. The van der Waals surface area contributed by atoms with Crippen molar-refractivity contribution >= 4 is 10.0 Å². The molecule has 0 unspecified atom stereocenters. The molecule has 0 atom stereocenters. The molecule has 1 rings (SSSR count). The molecule has 0 spiro atoms. The maximum absolute atomic E-state index is 12.4. The number of hydrogen-bond donors (Lipinski definition) is 1. The number of nitrogens with one attached hydrogen (secondary N) is 1. The van der Waals surface area contributed by atoms with Gasteiger partial charge in [-0.3, -0.25) is 0 Å². The van der Waals surface area contributed by atoms with E-state index in [0.29, 0.717) is 11.4 Å². The molecule has 0 aliphatic carbocycles. The van der Waals surface area contributed by atoms with Crippen molar-refractivity contribution < 1.29 is 8.42 Å². The molecule has 0 aliphatic heterocycles. The van der Waals surface area contributed by atoms with Crippen molar-refractivity contribution in [2.75, 3.05) is 20.1 Å². The van der Waals surface area contributed by atoms with Crippen molar-refractivity contribution in [1.82, 2.24) is 14.2 Å². The third-order valence-electron chi connectivity index (χ3n) is 3.22. The van der Waals surface area contributed by atoms with Crippen LogP contribution in [-0.2, 0) is 16.6 Å². The second-order valence-electron chi connectivity index (χ2n) is 5.31. The number of terminal acetylenes is 1. The van der Waals surface area contributed by atoms with Crippen LogP contribution in [0.1, 0.15) is 38.9 Å². The van der Waals surface area contributed by atoms with Gasteiger partial charge in [0, 0.05) is 31.5 Å². The lowest BCUT2D eigenvalue weighted by molar-refractivity contribution is 0.502. The normalized spacial score (nSPS) is 12.0. The number of sulfonamides is 1. The first kappa shape index (κ1) is 17.8. The average molecular weight is 311 g/mol. The Morgan fingerprint density at radius 1 is 1.48 bits per heavy atom. The zero-order valence-corrected chi connectivity index (χ0v) is 14.1. The Morgan fingerprint density at radius 2 is 2.14 bits per heavy atom. The van der Waals surface area contributed by atoms with Gasteiger partial charge in [-0.2, -0.15) is 4.31 Å². The SMILES string of the molecule is C#CCN(C)S(=O)(=O)c1cc(CNCCC)n(C(C)C)c1. The molecule has 0 radical (unpaired) electrons. The van der Waals surface area contributed by atoms with E-state index in [2.05, 4.69) is 18.2 Å². The molecule has 0 aromatic carbocycles. The molecule has 0 saturated carbocycles. The van der Waals surface area contributed by atoms with Crippen molar-refractivity contribution in [3.63, 3.8) is 0 Å². The first-order valence-electron chi connectivity index (χ1n) is 7.15. The van der Waals surface area contributed by atoms with E-state index >= 15 is 0 Å². The van der Waals surface area contributed by atoms with E-state index in [-0.39, 0.29) is 12.6 Å². The van der Waals surface area contributed by atoms with Gasteiger partial charge in [0.15, 0.2) is 0 Å². The smallest absolute Gasteiger partial charge is 0.245 e. The first-order valence-corrected chi connectivity index (χ1v) is 8.59. The van der Waals surface area contributed by atoms with Gasteiger partial charge >= 0.3 is 0 Å². The Labute approximate surface area is 128 Å². The highest BCUT2D eigenvalue weighted by Crippen LogP contribution is 2.21. The second-order valence-corrected chi connectivity index (χ2v) is 7.36. The molecule has 0 amide bonds. The number of nitrogens with zero attached hydrogens (tertiary/aromatic N) is 2. The predicted octanol–water partition coefficient (Wildman–Crippen LogP) is 1.82. The summed E-state index contributed by atoms with van der Waals surface area (Å²) in [4.78, 5) is 0.294. The van der Waals surface area contributed by atoms with Gasteiger partial charge in [0.25, 0.3) is 0 Å². The molecule has 0 fully saturated rings. The molecule has 0 saturated heterocycles. The van der Waals surface area contributed by atoms with Gasteiger partial charge in [-0.15, -0.1) is 6.42 Å². The van der Waals surface area contributed by atoms with Gasteiger partial charge in [-0.05, 0) is 32.9 Å². The van der Waals surface area contributed by atoms with E-state index in [1.165, 1.54) is 11.4 Å². The molecule has 1 aromatic rings. The van der Waals surface area contributed by atoms with Crippen LogP contribution in [0.25, 0.3) is 0 Å². The lowest BCUT2D eigenvalue weighted by atomic mass is 10.3. The summed E-state index contributed by atoms with van der Waals surface area (Å²) in [5, 5.41) is 3.30. The Hall–Kier alpha value is -1.29. The highest BCUT2D eigenvalue weighted by molar-refractivity contribution is 7.89. The average Bonchev–Trinajstić information content (AvgIpc) is 2.84. The van der Waals surface area contributed by atoms with Crippen molar-refractivity contribution in [2.24, 2.45) is 0 Å². The van der Waals surface area contributed by atoms with Gasteiger partial charge in [0.1, 0.15) is 4.90 Å². The van der Waals surface area contributed by atoms with Gasteiger partial charge in [-0.1, -0.05) is 12.8 Å². The zero-order valence-electron chi connectivity index (χ0n) is 13.3. The van der Waals surface area contributed by atoms with E-state index in [0.717, 1.165) is 18.7 Å². The quantitative estimate of drug-likeness (QED) is 0.588. The molecule has 21 heavy (non-hydrogen) atoms. The molecule has 0 bridgehead atoms. The van der Waals surface area contributed by atoms with E-state index in [1.54, 1.807) is 12.3 Å². The summed E-state index contributed by atoms with van der Waals surface area (Å²) in [5.41, 5.74) is 0.964. The summed E-state index contributed by atoms with van der Waals surface area (Å²) in [5.74, 6) is 2.36. The number of hydrogen-bond acceptors (Lipinski definition) is 3. The molecule has 118 valence electrons. The topological polar surface area (TPSA) is 54.3 Å². The zero-order chi connectivity index (χ0) is 16.0. The molecule has 5 nitrogen and oxygen atoms in total. The third-order valence-corrected chi connectivity index (χ3v) is 4.99. The second kappa shape index (κ2) is 7.64. The van der Waals surface area contributed by atoms with E-state index in [9.17, 15) is 8.42 Å². The fraction of sp³-hybridized carbons (Fsp3) is 0.600. The van der Waals surface area contributed by atoms with Crippen LogP contribution < -0.4 is 5.32 Å². The molecule has 1 aromatic heterocycles. The van der Waals surface area contributed by atoms with Crippen LogP contribution >= 0.6 is 0 Å². The van der Waals surface area contributed by atoms with Gasteiger partial charge in [0.2, 0.25) is 10.0 Å². The van der Waals surface area contributed by atoms with Crippen LogP contribution in [0, 0.1) is 12.3 Å². The Bertz CT molecular complexity index is 597. The number of aromatic nitrogens is 1. The van der Waals surface area contributed by atoms with Gasteiger partial charge in [-0.25, -0.2) is 8.42 Å². The highest BCUT2D eigenvalue weighted by atomic mass is 32.2. The van der Waals surface area contributed by atoms with Crippen LogP contribution in [0.2, 0.25) is 0 Å². The molecule has 0 aliphatic rings. The van der Waals surface area contributed by atoms with E-state index in [1.807, 2.05) is 18.4 Å². The van der Waals surface area contributed by atoms with Crippen LogP contribution in [-0.4, -0.2) is 37.4 Å². The Balaban J connectivity index is 3.10. The van der Waals surface area contributed by atoms with Crippen LogP contribution in [0.3, 0.4) is 0 Å². The van der Waals surface area contributed by atoms with Gasteiger partial charge in [0.05, 0.1) is 6.54 Å².